The lowest BCUT2D eigenvalue weighted by atomic mass is 10.1. The Balaban J connectivity index is 1.71. The number of hydrogen-bond donors (Lipinski definition) is 1. The van der Waals surface area contributed by atoms with E-state index in [-0.39, 0.29) is 12.4 Å². The molecular formula is C17H22FN3O. The van der Waals surface area contributed by atoms with Crippen LogP contribution in [0.3, 0.4) is 0 Å². The molecule has 1 aromatic heterocycles. The summed E-state index contributed by atoms with van der Waals surface area (Å²) < 4.78 is 13.2. The van der Waals surface area contributed by atoms with Crippen molar-refractivity contribution in [1.29, 1.82) is 0 Å². The lowest BCUT2D eigenvalue weighted by molar-refractivity contribution is 0.0736. The topological polar surface area (TPSA) is 39.6 Å². The number of aliphatic hydroxyl groups is 1. The summed E-state index contributed by atoms with van der Waals surface area (Å²) in [5.41, 5.74) is 1.84. The van der Waals surface area contributed by atoms with Crippen molar-refractivity contribution in [3.63, 3.8) is 0 Å². The first-order valence-corrected chi connectivity index (χ1v) is 7.74. The van der Waals surface area contributed by atoms with Gasteiger partial charge in [0.25, 0.3) is 0 Å². The minimum atomic E-state index is -0.229. The van der Waals surface area contributed by atoms with Crippen LogP contribution in [0.5, 0.6) is 0 Å². The van der Waals surface area contributed by atoms with Crippen molar-refractivity contribution in [2.45, 2.75) is 19.0 Å². The highest BCUT2D eigenvalue weighted by Gasteiger charge is 2.23. The number of fused-ring (bicyclic) bond motifs is 1. The molecule has 1 aliphatic heterocycles. The molecule has 1 aliphatic rings. The molecule has 2 aromatic rings. The van der Waals surface area contributed by atoms with E-state index in [2.05, 4.69) is 21.8 Å². The van der Waals surface area contributed by atoms with E-state index >= 15 is 0 Å². The molecule has 4 nitrogen and oxygen atoms in total. The Kier molecular flexibility index (Phi) is 4.66. The fraction of sp³-hybridized carbons (Fsp3) is 0.471. The number of rotatable bonds is 4. The van der Waals surface area contributed by atoms with Crippen LogP contribution in [0, 0.1) is 5.82 Å². The summed E-state index contributed by atoms with van der Waals surface area (Å²) in [6.07, 6.45) is 0.803. The van der Waals surface area contributed by atoms with Crippen molar-refractivity contribution in [3.8, 4) is 0 Å². The van der Waals surface area contributed by atoms with Gasteiger partial charge in [-0.1, -0.05) is 6.07 Å². The highest BCUT2D eigenvalue weighted by molar-refractivity contribution is 5.78. The SMILES string of the molecule is CN1CCN(Cc2ccc3cc(F)ccc3n2)CC1CCO. The van der Waals surface area contributed by atoms with Gasteiger partial charge >= 0.3 is 0 Å². The summed E-state index contributed by atoms with van der Waals surface area (Å²) >= 11 is 0. The Morgan fingerprint density at radius 2 is 2.14 bits per heavy atom. The zero-order valence-electron chi connectivity index (χ0n) is 12.9. The smallest absolute Gasteiger partial charge is 0.123 e. The van der Waals surface area contributed by atoms with E-state index in [0.29, 0.717) is 6.04 Å². The monoisotopic (exact) mass is 303 g/mol. The third-order valence-corrected chi connectivity index (χ3v) is 4.42. The molecule has 5 heteroatoms. The molecule has 1 saturated heterocycles. The maximum atomic E-state index is 13.2. The van der Waals surface area contributed by atoms with Gasteiger partial charge in [0.15, 0.2) is 0 Å². The van der Waals surface area contributed by atoms with Gasteiger partial charge in [0, 0.05) is 44.2 Å². The van der Waals surface area contributed by atoms with Crippen molar-refractivity contribution >= 4 is 10.9 Å². The van der Waals surface area contributed by atoms with Crippen LogP contribution < -0.4 is 0 Å². The number of likely N-dealkylation sites (N-methyl/N-ethyl adjacent to an activating group) is 1. The van der Waals surface area contributed by atoms with E-state index in [9.17, 15) is 4.39 Å². The Morgan fingerprint density at radius 1 is 1.27 bits per heavy atom. The second-order valence-electron chi connectivity index (χ2n) is 6.02. The summed E-state index contributed by atoms with van der Waals surface area (Å²) in [5.74, 6) is -0.229. The largest absolute Gasteiger partial charge is 0.396 e. The number of piperazine rings is 1. The Bertz CT molecular complexity index is 649. The average molecular weight is 303 g/mol. The number of benzene rings is 1. The third-order valence-electron chi connectivity index (χ3n) is 4.42. The van der Waals surface area contributed by atoms with Crippen LogP contribution in [0.2, 0.25) is 0 Å². The van der Waals surface area contributed by atoms with Gasteiger partial charge in [-0.15, -0.1) is 0 Å². The fourth-order valence-electron chi connectivity index (χ4n) is 3.07. The number of nitrogens with zero attached hydrogens (tertiary/aromatic N) is 3. The van der Waals surface area contributed by atoms with E-state index in [1.165, 1.54) is 12.1 Å². The van der Waals surface area contributed by atoms with E-state index in [1.54, 1.807) is 6.07 Å². The number of aliphatic hydroxyl groups excluding tert-OH is 1. The number of aromatic nitrogens is 1. The van der Waals surface area contributed by atoms with Crippen LogP contribution in [0.15, 0.2) is 30.3 Å². The summed E-state index contributed by atoms with van der Waals surface area (Å²) in [5, 5.41) is 10.00. The van der Waals surface area contributed by atoms with Gasteiger partial charge in [-0.3, -0.25) is 9.88 Å². The van der Waals surface area contributed by atoms with Crippen LogP contribution >= 0.6 is 0 Å². The molecule has 0 aliphatic carbocycles. The molecule has 0 amide bonds. The molecule has 1 aromatic carbocycles. The second-order valence-corrected chi connectivity index (χ2v) is 6.02. The summed E-state index contributed by atoms with van der Waals surface area (Å²) in [6.45, 7) is 3.97. The van der Waals surface area contributed by atoms with E-state index in [0.717, 1.165) is 49.2 Å². The number of hydrogen-bond acceptors (Lipinski definition) is 4. The molecular weight excluding hydrogens is 281 g/mol. The van der Waals surface area contributed by atoms with Crippen molar-refractivity contribution in [3.05, 3.63) is 41.8 Å². The van der Waals surface area contributed by atoms with Crippen molar-refractivity contribution in [2.24, 2.45) is 0 Å². The van der Waals surface area contributed by atoms with Crippen LogP contribution in [-0.4, -0.2) is 59.2 Å². The van der Waals surface area contributed by atoms with Crippen molar-refractivity contribution in [2.75, 3.05) is 33.3 Å². The van der Waals surface area contributed by atoms with Crippen LogP contribution in [0.25, 0.3) is 10.9 Å². The number of pyridine rings is 1. The zero-order chi connectivity index (χ0) is 15.5. The normalized spacial score (nSPS) is 20.6. The fourth-order valence-corrected chi connectivity index (χ4v) is 3.07. The van der Waals surface area contributed by atoms with Gasteiger partial charge in [0.1, 0.15) is 5.82 Å². The quantitative estimate of drug-likeness (QED) is 0.936. The van der Waals surface area contributed by atoms with Gasteiger partial charge in [-0.2, -0.15) is 0 Å². The minimum absolute atomic E-state index is 0.225. The van der Waals surface area contributed by atoms with E-state index < -0.39 is 0 Å². The Labute approximate surface area is 130 Å². The molecule has 1 unspecified atom stereocenters. The van der Waals surface area contributed by atoms with Crippen LogP contribution in [0.1, 0.15) is 12.1 Å². The molecule has 1 atom stereocenters. The predicted molar refractivity (Wildman–Crippen MR) is 85.1 cm³/mol. The van der Waals surface area contributed by atoms with Gasteiger partial charge in [-0.05, 0) is 37.7 Å². The predicted octanol–water partition coefficient (Wildman–Crippen LogP) is 1.87. The van der Waals surface area contributed by atoms with E-state index in [1.807, 2.05) is 12.1 Å². The molecule has 3 rings (SSSR count). The number of halogens is 1. The first-order chi connectivity index (χ1) is 10.7. The molecule has 1 fully saturated rings. The molecule has 1 N–H and O–H groups in total. The first kappa shape index (κ1) is 15.3. The standard InChI is InChI=1S/C17H22FN3O/c1-20-7-8-21(12-16(20)6-9-22)11-15-4-2-13-10-14(18)3-5-17(13)19-15/h2-5,10,16,22H,6-9,11-12H2,1H3. The van der Waals surface area contributed by atoms with Gasteiger partial charge in [0.2, 0.25) is 0 Å². The summed E-state index contributed by atoms with van der Waals surface area (Å²) in [7, 11) is 2.11. The highest BCUT2D eigenvalue weighted by atomic mass is 19.1. The molecule has 2 heterocycles. The lowest BCUT2D eigenvalue weighted by Crippen LogP contribution is -2.51. The molecule has 0 radical (unpaired) electrons. The highest BCUT2D eigenvalue weighted by Crippen LogP contribution is 2.17. The molecule has 0 bridgehead atoms. The Hall–Kier alpha value is -1.56. The maximum Gasteiger partial charge on any atom is 0.123 e. The first-order valence-electron chi connectivity index (χ1n) is 7.74. The van der Waals surface area contributed by atoms with Crippen LogP contribution in [-0.2, 0) is 6.54 Å². The maximum absolute atomic E-state index is 13.2. The Morgan fingerprint density at radius 3 is 2.95 bits per heavy atom. The lowest BCUT2D eigenvalue weighted by Gasteiger charge is -2.39. The van der Waals surface area contributed by atoms with Gasteiger partial charge in [0.05, 0.1) is 11.2 Å². The molecule has 0 spiro atoms. The van der Waals surface area contributed by atoms with Crippen molar-refractivity contribution in [1.82, 2.24) is 14.8 Å². The third kappa shape index (κ3) is 3.43. The minimum Gasteiger partial charge on any atom is -0.396 e. The average Bonchev–Trinajstić information content (AvgIpc) is 2.51. The van der Waals surface area contributed by atoms with Crippen LogP contribution in [0.4, 0.5) is 4.39 Å². The molecule has 0 saturated carbocycles. The van der Waals surface area contributed by atoms with Gasteiger partial charge < -0.3 is 10.0 Å². The van der Waals surface area contributed by atoms with Gasteiger partial charge in [-0.25, -0.2) is 4.39 Å². The second kappa shape index (κ2) is 6.69. The van der Waals surface area contributed by atoms with Crippen molar-refractivity contribution < 1.29 is 9.50 Å². The van der Waals surface area contributed by atoms with E-state index in [4.69, 9.17) is 5.11 Å². The molecule has 118 valence electrons. The molecule has 22 heavy (non-hydrogen) atoms. The summed E-state index contributed by atoms with van der Waals surface area (Å²) in [4.78, 5) is 9.31. The zero-order valence-corrected chi connectivity index (χ0v) is 12.9. The summed E-state index contributed by atoms with van der Waals surface area (Å²) in [6, 6.07) is 9.00.